The Morgan fingerprint density at radius 1 is 1.70 bits per heavy atom. The molecule has 0 aliphatic heterocycles. The summed E-state index contributed by atoms with van der Waals surface area (Å²) in [6.45, 7) is 4.21. The number of carbonyl (C=O) groups is 1. The van der Waals surface area contributed by atoms with Crippen molar-refractivity contribution >= 4 is 6.29 Å². The smallest absolute Gasteiger partial charge is 0.124 e. The molecule has 0 aliphatic carbocycles. The number of carbonyl (C=O) groups excluding carboxylic acids is 1. The summed E-state index contributed by atoms with van der Waals surface area (Å²) in [7, 11) is 1.62. The molecular weight excluding hydrogens is 128 g/mol. The van der Waals surface area contributed by atoms with Gasteiger partial charge < -0.3 is 9.53 Å². The van der Waals surface area contributed by atoms with Gasteiger partial charge in [0.25, 0.3) is 0 Å². The fraction of sp³-hybridized carbons (Fsp3) is 0.375. The molecule has 0 amide bonds. The van der Waals surface area contributed by atoms with Gasteiger partial charge in [-0.25, -0.2) is 0 Å². The van der Waals surface area contributed by atoms with E-state index < -0.39 is 0 Å². The molecule has 0 aromatic heterocycles. The lowest BCUT2D eigenvalue weighted by atomic mass is 10.2. The highest BCUT2D eigenvalue weighted by Gasteiger charge is 1.83. The van der Waals surface area contributed by atoms with Crippen molar-refractivity contribution in [1.82, 2.24) is 0 Å². The van der Waals surface area contributed by atoms with Gasteiger partial charge in [0, 0.05) is 13.5 Å². The highest BCUT2D eigenvalue weighted by atomic mass is 16.5. The van der Waals surface area contributed by atoms with Gasteiger partial charge in [0.05, 0.1) is 6.61 Å². The summed E-state index contributed by atoms with van der Waals surface area (Å²) in [5, 5.41) is 0. The van der Waals surface area contributed by atoms with Crippen LogP contribution in [0.5, 0.6) is 0 Å². The zero-order valence-electron chi connectivity index (χ0n) is 6.17. The highest BCUT2D eigenvalue weighted by Crippen LogP contribution is 1.95. The third-order valence-electron chi connectivity index (χ3n) is 0.962. The summed E-state index contributed by atoms with van der Waals surface area (Å²) in [5.74, 6) is 0. The monoisotopic (exact) mass is 140 g/mol. The van der Waals surface area contributed by atoms with Crippen LogP contribution in [0.1, 0.15) is 6.42 Å². The average molecular weight is 140 g/mol. The third kappa shape index (κ3) is 5.25. The summed E-state index contributed by atoms with van der Waals surface area (Å²) in [6.07, 6.45) is 4.85. The standard InChI is InChI=1S/C8H12O2/c1-8(5-6-9)4-3-7-10-2/h3-4,6H,1,5,7H2,2H3/b4-3-. The third-order valence-corrected chi connectivity index (χ3v) is 0.962. The van der Waals surface area contributed by atoms with Crippen LogP contribution in [0.25, 0.3) is 0 Å². The fourth-order valence-electron chi connectivity index (χ4n) is 0.486. The van der Waals surface area contributed by atoms with Crippen molar-refractivity contribution in [2.75, 3.05) is 13.7 Å². The molecule has 2 heteroatoms. The number of ether oxygens (including phenoxy) is 1. The van der Waals surface area contributed by atoms with Crippen molar-refractivity contribution in [3.63, 3.8) is 0 Å². The number of rotatable bonds is 5. The molecule has 0 fully saturated rings. The number of methoxy groups -OCH3 is 1. The number of hydrogen-bond donors (Lipinski definition) is 0. The van der Waals surface area contributed by atoms with Crippen LogP contribution >= 0.6 is 0 Å². The van der Waals surface area contributed by atoms with Gasteiger partial charge in [0.2, 0.25) is 0 Å². The maximum absolute atomic E-state index is 9.92. The van der Waals surface area contributed by atoms with E-state index in [1.54, 1.807) is 13.2 Å². The molecule has 0 aromatic rings. The molecule has 0 atom stereocenters. The molecule has 0 spiro atoms. The molecule has 0 aliphatic rings. The lowest BCUT2D eigenvalue weighted by Gasteiger charge is -1.90. The molecule has 0 saturated heterocycles. The van der Waals surface area contributed by atoms with E-state index >= 15 is 0 Å². The van der Waals surface area contributed by atoms with Crippen LogP contribution in [-0.2, 0) is 9.53 Å². The Labute approximate surface area is 61.2 Å². The van der Waals surface area contributed by atoms with Crippen molar-refractivity contribution in [3.05, 3.63) is 24.3 Å². The van der Waals surface area contributed by atoms with Gasteiger partial charge in [0.15, 0.2) is 0 Å². The van der Waals surface area contributed by atoms with Crippen LogP contribution < -0.4 is 0 Å². The first-order valence-electron chi connectivity index (χ1n) is 3.08. The maximum atomic E-state index is 9.92. The minimum absolute atomic E-state index is 0.403. The van der Waals surface area contributed by atoms with Gasteiger partial charge in [-0.15, -0.1) is 0 Å². The topological polar surface area (TPSA) is 26.3 Å². The van der Waals surface area contributed by atoms with Crippen LogP contribution in [0.2, 0.25) is 0 Å². The Bertz CT molecular complexity index is 136. The van der Waals surface area contributed by atoms with Gasteiger partial charge in [-0.3, -0.25) is 0 Å². The van der Waals surface area contributed by atoms with Crippen molar-refractivity contribution < 1.29 is 9.53 Å². The first-order valence-corrected chi connectivity index (χ1v) is 3.08. The van der Waals surface area contributed by atoms with Crippen LogP contribution in [0.3, 0.4) is 0 Å². The van der Waals surface area contributed by atoms with Crippen LogP contribution in [0, 0.1) is 0 Å². The Kier molecular flexibility index (Phi) is 5.68. The van der Waals surface area contributed by atoms with E-state index in [4.69, 9.17) is 4.74 Å². The van der Waals surface area contributed by atoms with Crippen molar-refractivity contribution in [2.24, 2.45) is 0 Å². The number of aldehydes is 1. The van der Waals surface area contributed by atoms with Crippen molar-refractivity contribution in [1.29, 1.82) is 0 Å². The van der Waals surface area contributed by atoms with E-state index in [0.29, 0.717) is 13.0 Å². The largest absolute Gasteiger partial charge is 0.381 e. The molecule has 0 aromatic carbocycles. The minimum Gasteiger partial charge on any atom is -0.381 e. The van der Waals surface area contributed by atoms with E-state index in [9.17, 15) is 4.79 Å². The molecule has 0 unspecified atom stereocenters. The molecule has 0 N–H and O–H groups in total. The van der Waals surface area contributed by atoms with E-state index in [1.165, 1.54) is 0 Å². The summed E-state index contributed by atoms with van der Waals surface area (Å²) >= 11 is 0. The van der Waals surface area contributed by atoms with E-state index in [2.05, 4.69) is 6.58 Å². The molecule has 0 rings (SSSR count). The molecular formula is C8H12O2. The summed E-state index contributed by atoms with van der Waals surface area (Å²) in [5.41, 5.74) is 0.812. The molecule has 56 valence electrons. The Hall–Kier alpha value is -0.890. The van der Waals surface area contributed by atoms with Crippen molar-refractivity contribution in [3.8, 4) is 0 Å². The van der Waals surface area contributed by atoms with E-state index in [1.807, 2.05) is 6.08 Å². The predicted octanol–water partition coefficient (Wildman–Crippen LogP) is 1.33. The minimum atomic E-state index is 0.403. The molecule has 0 saturated carbocycles. The molecule has 2 nitrogen and oxygen atoms in total. The first-order chi connectivity index (χ1) is 4.81. The van der Waals surface area contributed by atoms with E-state index in [0.717, 1.165) is 11.9 Å². The van der Waals surface area contributed by atoms with Gasteiger partial charge in [0.1, 0.15) is 6.29 Å². The predicted molar refractivity (Wildman–Crippen MR) is 40.8 cm³/mol. The second kappa shape index (κ2) is 6.23. The summed E-state index contributed by atoms with van der Waals surface area (Å²) in [4.78, 5) is 9.92. The summed E-state index contributed by atoms with van der Waals surface area (Å²) < 4.78 is 4.75. The summed E-state index contributed by atoms with van der Waals surface area (Å²) in [6, 6.07) is 0. The SMILES string of the molecule is C=C(/C=C\COC)CC=O. The highest BCUT2D eigenvalue weighted by molar-refractivity contribution is 5.55. The van der Waals surface area contributed by atoms with Gasteiger partial charge in [-0.05, 0) is 5.57 Å². The molecule has 0 radical (unpaired) electrons. The fourth-order valence-corrected chi connectivity index (χ4v) is 0.486. The average Bonchev–Trinajstić information content (AvgIpc) is 1.89. The first kappa shape index (κ1) is 9.11. The van der Waals surface area contributed by atoms with E-state index in [-0.39, 0.29) is 0 Å². The molecule has 10 heavy (non-hydrogen) atoms. The second-order valence-electron chi connectivity index (χ2n) is 1.89. The Balaban J connectivity index is 3.45. The number of hydrogen-bond acceptors (Lipinski definition) is 2. The van der Waals surface area contributed by atoms with Crippen LogP contribution in [0.15, 0.2) is 24.3 Å². The van der Waals surface area contributed by atoms with Gasteiger partial charge in [-0.1, -0.05) is 18.7 Å². The quantitative estimate of drug-likeness (QED) is 0.425. The molecule has 0 bridgehead atoms. The Morgan fingerprint density at radius 3 is 2.90 bits per heavy atom. The Morgan fingerprint density at radius 2 is 2.40 bits per heavy atom. The lowest BCUT2D eigenvalue weighted by molar-refractivity contribution is -0.107. The lowest BCUT2D eigenvalue weighted by Crippen LogP contribution is -1.82. The zero-order valence-corrected chi connectivity index (χ0v) is 6.17. The maximum Gasteiger partial charge on any atom is 0.124 e. The van der Waals surface area contributed by atoms with Crippen LogP contribution in [-0.4, -0.2) is 20.0 Å². The molecule has 0 heterocycles. The van der Waals surface area contributed by atoms with Crippen LogP contribution in [0.4, 0.5) is 0 Å². The van der Waals surface area contributed by atoms with Crippen molar-refractivity contribution in [2.45, 2.75) is 6.42 Å². The normalized spacial score (nSPS) is 10.1. The number of allylic oxidation sites excluding steroid dienone is 2. The second-order valence-corrected chi connectivity index (χ2v) is 1.89. The van der Waals surface area contributed by atoms with Gasteiger partial charge >= 0.3 is 0 Å². The zero-order chi connectivity index (χ0) is 7.82. The van der Waals surface area contributed by atoms with Gasteiger partial charge in [-0.2, -0.15) is 0 Å².